The number of nitrogens with one attached hydrogen (secondary N) is 3. The van der Waals surface area contributed by atoms with Crippen molar-refractivity contribution in [3.63, 3.8) is 0 Å². The number of nitrogen functional groups attached to an aromatic ring is 1. The Hall–Kier alpha value is -3.38. The summed E-state index contributed by atoms with van der Waals surface area (Å²) < 4.78 is 0. The van der Waals surface area contributed by atoms with Crippen LogP contribution >= 0.6 is 11.3 Å². The van der Waals surface area contributed by atoms with E-state index in [0.717, 1.165) is 37.1 Å². The van der Waals surface area contributed by atoms with Crippen LogP contribution in [0.4, 0.5) is 11.1 Å². The molecule has 0 aromatic carbocycles. The van der Waals surface area contributed by atoms with E-state index >= 15 is 0 Å². The molecule has 0 radical (unpaired) electrons. The Bertz CT molecular complexity index is 1260. The largest absolute Gasteiger partial charge is 0.368 e. The van der Waals surface area contributed by atoms with E-state index in [1.54, 1.807) is 11.6 Å². The van der Waals surface area contributed by atoms with Crippen molar-refractivity contribution >= 4 is 34.2 Å². The Morgan fingerprint density at radius 3 is 2.76 bits per heavy atom. The lowest BCUT2D eigenvalue weighted by molar-refractivity contribution is 0.0911. The van der Waals surface area contributed by atoms with E-state index in [1.165, 1.54) is 11.3 Å². The zero-order valence-electron chi connectivity index (χ0n) is 19.3. The van der Waals surface area contributed by atoms with Gasteiger partial charge in [0.2, 0.25) is 5.95 Å². The second-order valence-corrected chi connectivity index (χ2v) is 10.4. The van der Waals surface area contributed by atoms with E-state index in [0.29, 0.717) is 28.6 Å². The van der Waals surface area contributed by atoms with Crippen LogP contribution in [0.1, 0.15) is 58.8 Å². The number of rotatable bonds is 4. The predicted molar refractivity (Wildman–Crippen MR) is 129 cm³/mol. The molecular formula is C22H27N9O2S. The molecule has 11 nitrogen and oxygen atoms in total. The van der Waals surface area contributed by atoms with Crippen LogP contribution in [-0.4, -0.2) is 68.0 Å². The van der Waals surface area contributed by atoms with Crippen LogP contribution < -0.4 is 16.4 Å². The molecule has 2 amide bonds. The van der Waals surface area contributed by atoms with Crippen molar-refractivity contribution in [2.75, 3.05) is 31.2 Å². The lowest BCUT2D eigenvalue weighted by atomic mass is 9.73. The molecule has 3 aromatic rings. The quantitative estimate of drug-likeness (QED) is 0.440. The van der Waals surface area contributed by atoms with Crippen molar-refractivity contribution in [3.05, 3.63) is 34.1 Å². The first-order valence-corrected chi connectivity index (χ1v) is 12.1. The number of H-pyrrole nitrogens is 1. The lowest BCUT2D eigenvalue weighted by Crippen LogP contribution is -2.43. The van der Waals surface area contributed by atoms with Crippen LogP contribution in [-0.2, 0) is 11.8 Å². The standard InChI is InChI=1S/C22H27N9O2S/c1-22(2)8-11-9-24-20(23)27-15(11)16-14(22)17(30-29-16)19(33)28-21-26-13(10-34-21)18(32)25-12-4-6-31(3)7-5-12/h9-10,12H,4-8H2,1-3H3,(H,25,32)(H,29,30)(H2,23,24,27)(H,26,28,33). The molecule has 12 heteroatoms. The summed E-state index contributed by atoms with van der Waals surface area (Å²) >= 11 is 1.21. The van der Waals surface area contributed by atoms with Gasteiger partial charge < -0.3 is 16.0 Å². The average Bonchev–Trinajstić information content (AvgIpc) is 3.44. The van der Waals surface area contributed by atoms with Gasteiger partial charge in [-0.25, -0.2) is 15.0 Å². The van der Waals surface area contributed by atoms with Gasteiger partial charge in [-0.3, -0.25) is 20.0 Å². The van der Waals surface area contributed by atoms with Gasteiger partial charge in [0, 0.05) is 23.2 Å². The third-order valence-electron chi connectivity index (χ3n) is 6.42. The number of hydrogen-bond donors (Lipinski definition) is 4. The number of piperidine rings is 1. The molecule has 5 rings (SSSR count). The van der Waals surface area contributed by atoms with Crippen LogP contribution in [0.25, 0.3) is 11.4 Å². The Kier molecular flexibility index (Phi) is 5.56. The topological polar surface area (TPSA) is 155 Å². The van der Waals surface area contributed by atoms with Gasteiger partial charge in [0.15, 0.2) is 10.8 Å². The van der Waals surface area contributed by atoms with Crippen LogP contribution in [0.15, 0.2) is 11.6 Å². The van der Waals surface area contributed by atoms with E-state index < -0.39 is 5.91 Å². The second kappa shape index (κ2) is 8.44. The van der Waals surface area contributed by atoms with Crippen LogP contribution in [0.3, 0.4) is 0 Å². The van der Waals surface area contributed by atoms with E-state index in [2.05, 4.69) is 47.7 Å². The molecule has 0 unspecified atom stereocenters. The number of carbonyl (C=O) groups excluding carboxylic acids is 2. The molecule has 0 bridgehead atoms. The molecule has 0 spiro atoms. The highest BCUT2D eigenvalue weighted by atomic mass is 32.1. The van der Waals surface area contributed by atoms with Crippen molar-refractivity contribution in [1.82, 2.24) is 35.4 Å². The summed E-state index contributed by atoms with van der Waals surface area (Å²) in [4.78, 5) is 40.8. The van der Waals surface area contributed by atoms with Gasteiger partial charge in [0.1, 0.15) is 5.69 Å². The first kappa shape index (κ1) is 22.4. The fourth-order valence-electron chi connectivity index (χ4n) is 4.67. The number of amides is 2. The number of aromatic amines is 1. The van der Waals surface area contributed by atoms with Gasteiger partial charge in [-0.15, -0.1) is 11.3 Å². The molecule has 3 aromatic heterocycles. The summed E-state index contributed by atoms with van der Waals surface area (Å²) in [5.74, 6) is -0.454. The minimum absolute atomic E-state index is 0.141. The summed E-state index contributed by atoms with van der Waals surface area (Å²) in [6.45, 7) is 6.01. The summed E-state index contributed by atoms with van der Waals surface area (Å²) in [6, 6.07) is 0.141. The average molecular weight is 482 g/mol. The van der Waals surface area contributed by atoms with Gasteiger partial charge in [-0.1, -0.05) is 13.8 Å². The normalized spacial score (nSPS) is 17.6. The smallest absolute Gasteiger partial charge is 0.278 e. The minimum Gasteiger partial charge on any atom is -0.368 e. The molecule has 5 N–H and O–H groups in total. The summed E-state index contributed by atoms with van der Waals surface area (Å²) in [5, 5.41) is 15.1. The molecule has 178 valence electrons. The molecule has 1 aliphatic carbocycles. The fourth-order valence-corrected chi connectivity index (χ4v) is 5.36. The minimum atomic E-state index is -0.396. The highest BCUT2D eigenvalue weighted by Crippen LogP contribution is 2.42. The highest BCUT2D eigenvalue weighted by molar-refractivity contribution is 7.14. The van der Waals surface area contributed by atoms with Crippen molar-refractivity contribution < 1.29 is 9.59 Å². The first-order chi connectivity index (χ1) is 16.2. The monoisotopic (exact) mass is 481 g/mol. The molecule has 0 saturated carbocycles. The molecule has 1 aliphatic heterocycles. The molecule has 0 atom stereocenters. The number of nitrogens with two attached hydrogens (primary N) is 1. The van der Waals surface area contributed by atoms with E-state index in [9.17, 15) is 9.59 Å². The van der Waals surface area contributed by atoms with Gasteiger partial charge in [0.05, 0.1) is 11.4 Å². The molecular weight excluding hydrogens is 454 g/mol. The maximum Gasteiger partial charge on any atom is 0.278 e. The van der Waals surface area contributed by atoms with Crippen molar-refractivity contribution in [2.24, 2.45) is 0 Å². The second-order valence-electron chi connectivity index (χ2n) is 9.53. The van der Waals surface area contributed by atoms with E-state index in [1.807, 2.05) is 13.8 Å². The van der Waals surface area contributed by atoms with Gasteiger partial charge in [0.25, 0.3) is 11.8 Å². The third-order valence-corrected chi connectivity index (χ3v) is 7.18. The summed E-state index contributed by atoms with van der Waals surface area (Å²) in [6.07, 6.45) is 4.19. The lowest BCUT2D eigenvalue weighted by Gasteiger charge is -2.31. The molecule has 2 aliphatic rings. The Labute approximate surface area is 200 Å². The third kappa shape index (κ3) is 4.14. The Balaban J connectivity index is 1.33. The molecule has 1 saturated heterocycles. The fraction of sp³-hybridized carbons (Fsp3) is 0.455. The highest BCUT2D eigenvalue weighted by Gasteiger charge is 2.38. The van der Waals surface area contributed by atoms with Gasteiger partial charge >= 0.3 is 0 Å². The predicted octanol–water partition coefficient (Wildman–Crippen LogP) is 1.82. The van der Waals surface area contributed by atoms with Crippen molar-refractivity contribution in [2.45, 2.75) is 44.6 Å². The molecule has 4 heterocycles. The van der Waals surface area contributed by atoms with Crippen molar-refractivity contribution in [3.8, 4) is 11.4 Å². The number of thiazole rings is 1. The zero-order chi connectivity index (χ0) is 24.0. The Morgan fingerprint density at radius 1 is 1.24 bits per heavy atom. The number of carbonyl (C=O) groups is 2. The number of aromatic nitrogens is 5. The number of hydrogen-bond acceptors (Lipinski definition) is 9. The SMILES string of the molecule is CN1CCC(NC(=O)c2csc(NC(=O)c3n[nH]c4c3C(C)(C)Cc3cnc(N)nc3-4)n2)CC1. The first-order valence-electron chi connectivity index (χ1n) is 11.2. The maximum absolute atomic E-state index is 13.2. The number of nitrogens with zero attached hydrogens (tertiary/aromatic N) is 5. The van der Waals surface area contributed by atoms with Crippen LogP contribution in [0, 0.1) is 0 Å². The summed E-state index contributed by atoms with van der Waals surface area (Å²) in [7, 11) is 2.08. The maximum atomic E-state index is 13.2. The number of fused-ring (bicyclic) bond motifs is 3. The van der Waals surface area contributed by atoms with Crippen LogP contribution in [0.2, 0.25) is 0 Å². The number of anilines is 2. The van der Waals surface area contributed by atoms with Crippen molar-refractivity contribution in [1.29, 1.82) is 0 Å². The zero-order valence-corrected chi connectivity index (χ0v) is 20.1. The van der Waals surface area contributed by atoms with Gasteiger partial charge in [-0.2, -0.15) is 5.10 Å². The van der Waals surface area contributed by atoms with E-state index in [4.69, 9.17) is 5.73 Å². The summed E-state index contributed by atoms with van der Waals surface area (Å²) in [5.41, 5.74) is 9.04. The number of likely N-dealkylation sites (tertiary alicyclic amines) is 1. The molecule has 34 heavy (non-hydrogen) atoms. The van der Waals surface area contributed by atoms with E-state index in [-0.39, 0.29) is 29.0 Å². The van der Waals surface area contributed by atoms with Crippen LogP contribution in [0.5, 0.6) is 0 Å². The molecule has 1 fully saturated rings. The van der Waals surface area contributed by atoms with Gasteiger partial charge in [-0.05, 0) is 50.4 Å². The Morgan fingerprint density at radius 2 is 2.00 bits per heavy atom.